The molecule has 7 heteroatoms. The molecular formula is C17H17N5OS. The quantitative estimate of drug-likeness (QED) is 0.731. The third-order valence-electron chi connectivity index (χ3n) is 4.34. The Labute approximate surface area is 143 Å². The van der Waals surface area contributed by atoms with Crippen molar-refractivity contribution < 1.29 is 4.79 Å². The maximum Gasteiger partial charge on any atom is 0.275 e. The van der Waals surface area contributed by atoms with Crippen molar-refractivity contribution in [3.8, 4) is 0 Å². The topological polar surface area (TPSA) is 63.9 Å². The minimum Gasteiger partial charge on any atom is -0.334 e. The van der Waals surface area contributed by atoms with Crippen molar-refractivity contribution >= 4 is 17.4 Å². The number of fused-ring (bicyclic) bond motifs is 1. The largest absolute Gasteiger partial charge is 0.334 e. The van der Waals surface area contributed by atoms with Crippen LogP contribution in [0.1, 0.15) is 27.4 Å². The van der Waals surface area contributed by atoms with Gasteiger partial charge in [-0.05, 0) is 23.5 Å². The Kier molecular flexibility index (Phi) is 4.08. The van der Waals surface area contributed by atoms with Crippen LogP contribution >= 0.6 is 11.5 Å². The Morgan fingerprint density at radius 1 is 1.25 bits per heavy atom. The van der Waals surface area contributed by atoms with E-state index in [1.54, 1.807) is 10.3 Å². The highest BCUT2D eigenvalue weighted by Gasteiger charge is 2.26. The molecule has 4 rings (SSSR count). The molecule has 0 radical (unpaired) electrons. The van der Waals surface area contributed by atoms with Gasteiger partial charge in [-0.2, -0.15) is 0 Å². The van der Waals surface area contributed by atoms with Crippen LogP contribution in [-0.4, -0.2) is 36.5 Å². The lowest BCUT2D eigenvalue weighted by Crippen LogP contribution is -2.36. The highest BCUT2D eigenvalue weighted by molar-refractivity contribution is 7.03. The summed E-state index contributed by atoms with van der Waals surface area (Å²) in [5.41, 5.74) is 3.98. The standard InChI is InChI=1S/C17H17N5OS/c23-17(15-11-24-20-19-15)21-9-7-16-14(10-21)18-12-22(16)8-6-13-4-2-1-3-5-13/h1-5,11-12H,6-10H2. The van der Waals surface area contributed by atoms with Gasteiger partial charge >= 0.3 is 0 Å². The van der Waals surface area contributed by atoms with E-state index in [2.05, 4.69) is 43.4 Å². The zero-order valence-corrected chi connectivity index (χ0v) is 13.9. The zero-order valence-electron chi connectivity index (χ0n) is 13.1. The number of rotatable bonds is 4. The molecule has 6 nitrogen and oxygen atoms in total. The molecule has 0 atom stereocenters. The van der Waals surface area contributed by atoms with Crippen LogP contribution in [0.2, 0.25) is 0 Å². The fourth-order valence-corrected chi connectivity index (χ4v) is 3.48. The molecule has 0 unspecified atom stereocenters. The van der Waals surface area contributed by atoms with Gasteiger partial charge in [0.1, 0.15) is 0 Å². The highest BCUT2D eigenvalue weighted by atomic mass is 32.1. The van der Waals surface area contributed by atoms with E-state index in [4.69, 9.17) is 0 Å². The molecule has 3 aromatic rings. The summed E-state index contributed by atoms with van der Waals surface area (Å²) in [6.45, 7) is 2.15. The minimum atomic E-state index is -0.0618. The summed E-state index contributed by atoms with van der Waals surface area (Å²) in [4.78, 5) is 18.7. The van der Waals surface area contributed by atoms with Crippen LogP contribution in [0.15, 0.2) is 42.0 Å². The molecule has 0 spiro atoms. The number of carbonyl (C=O) groups excluding carboxylic acids is 1. The Bertz CT molecular complexity index is 828. The molecule has 0 saturated carbocycles. The third-order valence-corrected chi connectivity index (χ3v) is 4.85. The van der Waals surface area contributed by atoms with Crippen molar-refractivity contribution in [2.24, 2.45) is 0 Å². The first-order valence-electron chi connectivity index (χ1n) is 7.94. The molecule has 1 aliphatic heterocycles. The fraction of sp³-hybridized carbons (Fsp3) is 0.294. The smallest absolute Gasteiger partial charge is 0.275 e. The summed E-state index contributed by atoms with van der Waals surface area (Å²) in [6, 6.07) is 10.5. The predicted molar refractivity (Wildman–Crippen MR) is 90.7 cm³/mol. The highest BCUT2D eigenvalue weighted by Crippen LogP contribution is 2.20. The van der Waals surface area contributed by atoms with E-state index in [1.807, 2.05) is 12.4 Å². The molecule has 0 aliphatic carbocycles. The summed E-state index contributed by atoms with van der Waals surface area (Å²) in [5, 5.41) is 5.56. The number of amides is 1. The lowest BCUT2D eigenvalue weighted by molar-refractivity contribution is 0.0725. The molecular weight excluding hydrogens is 322 g/mol. The second-order valence-corrected chi connectivity index (χ2v) is 6.44. The van der Waals surface area contributed by atoms with Gasteiger partial charge < -0.3 is 9.47 Å². The lowest BCUT2D eigenvalue weighted by atomic mass is 10.1. The van der Waals surface area contributed by atoms with Crippen molar-refractivity contribution in [2.45, 2.75) is 25.9 Å². The van der Waals surface area contributed by atoms with Crippen molar-refractivity contribution in [2.75, 3.05) is 6.54 Å². The van der Waals surface area contributed by atoms with Crippen LogP contribution in [-0.2, 0) is 25.9 Å². The second kappa shape index (κ2) is 6.52. The Morgan fingerprint density at radius 3 is 2.92 bits per heavy atom. The minimum absolute atomic E-state index is 0.0618. The van der Waals surface area contributed by atoms with Gasteiger partial charge in [0.25, 0.3) is 5.91 Å². The van der Waals surface area contributed by atoms with E-state index < -0.39 is 0 Å². The maximum atomic E-state index is 12.4. The Morgan fingerprint density at radius 2 is 2.12 bits per heavy atom. The van der Waals surface area contributed by atoms with Crippen molar-refractivity contribution in [1.82, 2.24) is 24.0 Å². The first-order valence-corrected chi connectivity index (χ1v) is 8.78. The molecule has 3 heterocycles. The number of carbonyl (C=O) groups is 1. The molecule has 2 aromatic heterocycles. The third kappa shape index (κ3) is 2.94. The summed E-state index contributed by atoms with van der Waals surface area (Å²) in [6.07, 6.45) is 3.70. The van der Waals surface area contributed by atoms with Gasteiger partial charge in [-0.15, -0.1) is 5.10 Å². The van der Waals surface area contributed by atoms with Crippen molar-refractivity contribution in [3.63, 3.8) is 0 Å². The van der Waals surface area contributed by atoms with Gasteiger partial charge in [0.15, 0.2) is 5.69 Å². The lowest BCUT2D eigenvalue weighted by Gasteiger charge is -2.26. The number of hydrogen-bond donors (Lipinski definition) is 0. The van der Waals surface area contributed by atoms with E-state index >= 15 is 0 Å². The second-order valence-electron chi connectivity index (χ2n) is 5.83. The number of hydrogen-bond acceptors (Lipinski definition) is 5. The summed E-state index contributed by atoms with van der Waals surface area (Å²) < 4.78 is 5.98. The van der Waals surface area contributed by atoms with Gasteiger partial charge in [-0.3, -0.25) is 4.79 Å². The molecule has 0 saturated heterocycles. The first kappa shape index (κ1) is 15.0. The predicted octanol–water partition coefficient (Wildman–Crippen LogP) is 2.18. The van der Waals surface area contributed by atoms with Crippen LogP contribution < -0.4 is 0 Å². The van der Waals surface area contributed by atoms with E-state index in [-0.39, 0.29) is 5.91 Å². The van der Waals surface area contributed by atoms with Crippen LogP contribution in [0, 0.1) is 0 Å². The number of benzene rings is 1. The summed E-state index contributed by atoms with van der Waals surface area (Å²) in [5.74, 6) is -0.0618. The van der Waals surface area contributed by atoms with Crippen LogP contribution in [0.25, 0.3) is 0 Å². The number of nitrogens with zero attached hydrogens (tertiary/aromatic N) is 5. The Hall–Kier alpha value is -2.54. The van der Waals surface area contributed by atoms with Crippen LogP contribution in [0.4, 0.5) is 0 Å². The number of aryl methyl sites for hydroxylation is 2. The van der Waals surface area contributed by atoms with Crippen LogP contribution in [0.3, 0.4) is 0 Å². The maximum absolute atomic E-state index is 12.4. The molecule has 24 heavy (non-hydrogen) atoms. The average Bonchev–Trinajstić information content (AvgIpc) is 3.30. The normalized spacial score (nSPS) is 13.8. The van der Waals surface area contributed by atoms with E-state index in [9.17, 15) is 4.79 Å². The number of aromatic nitrogens is 4. The SMILES string of the molecule is O=C(c1csnn1)N1CCc2c(ncn2CCc2ccccc2)C1. The molecule has 122 valence electrons. The monoisotopic (exact) mass is 339 g/mol. The Balaban J connectivity index is 1.44. The van der Waals surface area contributed by atoms with Crippen molar-refractivity contribution in [3.05, 3.63) is 64.7 Å². The van der Waals surface area contributed by atoms with Crippen LogP contribution in [0.5, 0.6) is 0 Å². The molecule has 1 aliphatic rings. The van der Waals surface area contributed by atoms with E-state index in [0.717, 1.165) is 25.1 Å². The van der Waals surface area contributed by atoms with Gasteiger partial charge in [0.2, 0.25) is 0 Å². The fourth-order valence-electron chi connectivity index (χ4n) is 3.05. The number of imidazole rings is 1. The first-order chi connectivity index (χ1) is 11.8. The molecule has 0 N–H and O–H groups in total. The van der Waals surface area contributed by atoms with Gasteiger partial charge in [0, 0.05) is 30.6 Å². The molecule has 1 aromatic carbocycles. The van der Waals surface area contributed by atoms with E-state index in [1.165, 1.54) is 22.8 Å². The van der Waals surface area contributed by atoms with Crippen molar-refractivity contribution in [1.29, 1.82) is 0 Å². The van der Waals surface area contributed by atoms with Gasteiger partial charge in [-0.25, -0.2) is 4.98 Å². The van der Waals surface area contributed by atoms with Gasteiger partial charge in [0.05, 0.1) is 18.6 Å². The zero-order chi connectivity index (χ0) is 16.4. The average molecular weight is 339 g/mol. The molecule has 1 amide bonds. The summed E-state index contributed by atoms with van der Waals surface area (Å²) in [7, 11) is 0. The van der Waals surface area contributed by atoms with E-state index in [0.29, 0.717) is 18.8 Å². The van der Waals surface area contributed by atoms with Gasteiger partial charge in [-0.1, -0.05) is 34.8 Å². The molecule has 0 fully saturated rings. The summed E-state index contributed by atoms with van der Waals surface area (Å²) >= 11 is 1.20. The molecule has 0 bridgehead atoms.